The highest BCUT2D eigenvalue weighted by Crippen LogP contribution is 2.12. The van der Waals surface area contributed by atoms with Gasteiger partial charge in [-0.3, -0.25) is 4.99 Å². The first-order valence-corrected chi connectivity index (χ1v) is 7.12. The van der Waals surface area contributed by atoms with Gasteiger partial charge in [-0.2, -0.15) is 0 Å². The van der Waals surface area contributed by atoms with Crippen LogP contribution in [-0.2, 0) is 0 Å². The summed E-state index contributed by atoms with van der Waals surface area (Å²) in [5.41, 5.74) is 1.15. The fourth-order valence-corrected chi connectivity index (χ4v) is 2.03. The van der Waals surface area contributed by atoms with Crippen molar-refractivity contribution in [3.8, 4) is 0 Å². The number of rotatable bonds is 5. The fourth-order valence-electron chi connectivity index (χ4n) is 2.03. The Balaban J connectivity index is 2.75. The summed E-state index contributed by atoms with van der Waals surface area (Å²) in [5.74, 6) is 1.51. The van der Waals surface area contributed by atoms with E-state index in [1.165, 1.54) is 0 Å². The minimum absolute atomic E-state index is 0.326. The lowest BCUT2D eigenvalue weighted by Gasteiger charge is -2.26. The first-order valence-electron chi connectivity index (χ1n) is 7.12. The highest BCUT2D eigenvalue weighted by atomic mass is 15.3. The van der Waals surface area contributed by atoms with E-state index >= 15 is 0 Å². The number of benzene rings is 1. The summed E-state index contributed by atoms with van der Waals surface area (Å²) in [6.45, 7) is 5.21. The standard InChI is InChI=1S/C16H28N4/c1-13(2)15(18-14-10-8-7-9-11-14)12-17-16(19(3)4)20(5)6/h7-11,13,15,18H,12H2,1-6H3. The maximum absolute atomic E-state index is 4.75. The molecule has 0 fully saturated rings. The Bertz CT molecular complexity index is 400. The zero-order valence-electron chi connectivity index (χ0n) is 13.6. The average Bonchev–Trinajstić information content (AvgIpc) is 2.37. The van der Waals surface area contributed by atoms with Gasteiger partial charge in [0.25, 0.3) is 0 Å². The largest absolute Gasteiger partial charge is 0.380 e. The number of para-hydroxylation sites is 1. The second-order valence-corrected chi connectivity index (χ2v) is 5.79. The summed E-state index contributed by atoms with van der Waals surface area (Å²) < 4.78 is 0. The molecule has 1 rings (SSSR count). The third-order valence-corrected chi connectivity index (χ3v) is 3.16. The van der Waals surface area contributed by atoms with E-state index < -0.39 is 0 Å². The van der Waals surface area contributed by atoms with Crippen molar-refractivity contribution in [2.24, 2.45) is 10.9 Å². The van der Waals surface area contributed by atoms with Crippen molar-refractivity contribution in [2.45, 2.75) is 19.9 Å². The number of hydrogen-bond acceptors (Lipinski definition) is 2. The highest BCUT2D eigenvalue weighted by molar-refractivity contribution is 5.79. The monoisotopic (exact) mass is 276 g/mol. The van der Waals surface area contributed by atoms with Crippen LogP contribution in [0.3, 0.4) is 0 Å². The second-order valence-electron chi connectivity index (χ2n) is 5.79. The first kappa shape index (κ1) is 16.3. The smallest absolute Gasteiger partial charge is 0.195 e. The third-order valence-electron chi connectivity index (χ3n) is 3.16. The third kappa shape index (κ3) is 5.11. The molecule has 0 aliphatic heterocycles. The molecule has 112 valence electrons. The van der Waals surface area contributed by atoms with Gasteiger partial charge in [0.15, 0.2) is 5.96 Å². The summed E-state index contributed by atoms with van der Waals surface area (Å²) in [7, 11) is 8.09. The second kappa shape index (κ2) is 7.78. The molecule has 0 saturated carbocycles. The summed E-state index contributed by atoms with van der Waals surface area (Å²) in [6, 6.07) is 10.6. The van der Waals surface area contributed by atoms with Gasteiger partial charge in [-0.25, -0.2) is 0 Å². The van der Waals surface area contributed by atoms with Gasteiger partial charge in [0, 0.05) is 39.9 Å². The number of nitrogens with one attached hydrogen (secondary N) is 1. The number of guanidine groups is 1. The Kier molecular flexibility index (Phi) is 6.36. The van der Waals surface area contributed by atoms with Gasteiger partial charge < -0.3 is 15.1 Å². The molecule has 0 aliphatic carbocycles. The maximum Gasteiger partial charge on any atom is 0.195 e. The van der Waals surface area contributed by atoms with Crippen LogP contribution >= 0.6 is 0 Å². The summed E-state index contributed by atoms with van der Waals surface area (Å²) in [6.07, 6.45) is 0. The lowest BCUT2D eigenvalue weighted by atomic mass is 10.0. The van der Waals surface area contributed by atoms with Crippen molar-refractivity contribution >= 4 is 11.6 Å². The molecule has 0 aliphatic rings. The fraction of sp³-hybridized carbons (Fsp3) is 0.562. The van der Waals surface area contributed by atoms with Gasteiger partial charge in [0.1, 0.15) is 0 Å². The van der Waals surface area contributed by atoms with E-state index in [-0.39, 0.29) is 0 Å². The Morgan fingerprint density at radius 1 is 1.05 bits per heavy atom. The van der Waals surface area contributed by atoms with E-state index in [0.717, 1.165) is 18.2 Å². The van der Waals surface area contributed by atoms with Crippen LogP contribution in [0.4, 0.5) is 5.69 Å². The molecular formula is C16H28N4. The molecule has 1 unspecified atom stereocenters. The maximum atomic E-state index is 4.75. The van der Waals surface area contributed by atoms with Crippen molar-refractivity contribution in [1.29, 1.82) is 0 Å². The number of anilines is 1. The molecule has 0 saturated heterocycles. The normalized spacial score (nSPS) is 11.9. The van der Waals surface area contributed by atoms with E-state index in [4.69, 9.17) is 4.99 Å². The van der Waals surface area contributed by atoms with Crippen molar-refractivity contribution < 1.29 is 0 Å². The zero-order chi connectivity index (χ0) is 15.1. The number of hydrogen-bond donors (Lipinski definition) is 1. The predicted molar refractivity (Wildman–Crippen MR) is 88.4 cm³/mol. The van der Waals surface area contributed by atoms with Crippen molar-refractivity contribution in [2.75, 3.05) is 40.1 Å². The molecule has 20 heavy (non-hydrogen) atoms. The van der Waals surface area contributed by atoms with Crippen LogP contribution in [0.1, 0.15) is 13.8 Å². The van der Waals surface area contributed by atoms with Crippen LogP contribution in [-0.4, -0.2) is 56.5 Å². The highest BCUT2D eigenvalue weighted by Gasteiger charge is 2.14. The van der Waals surface area contributed by atoms with Gasteiger partial charge in [-0.05, 0) is 18.1 Å². The lowest BCUT2D eigenvalue weighted by Crippen LogP contribution is -2.37. The minimum atomic E-state index is 0.326. The molecular weight excluding hydrogens is 248 g/mol. The Labute approximate surface area is 123 Å². The minimum Gasteiger partial charge on any atom is -0.380 e. The van der Waals surface area contributed by atoms with Crippen LogP contribution in [0.5, 0.6) is 0 Å². The molecule has 1 N–H and O–H groups in total. The van der Waals surface area contributed by atoms with E-state index in [0.29, 0.717) is 12.0 Å². The van der Waals surface area contributed by atoms with Gasteiger partial charge in [-0.15, -0.1) is 0 Å². The number of aliphatic imine (C=N–C) groups is 1. The van der Waals surface area contributed by atoms with Crippen molar-refractivity contribution in [1.82, 2.24) is 9.80 Å². The number of nitrogens with zero attached hydrogens (tertiary/aromatic N) is 3. The lowest BCUT2D eigenvalue weighted by molar-refractivity contribution is 0.469. The van der Waals surface area contributed by atoms with Gasteiger partial charge in [0.05, 0.1) is 6.54 Å². The van der Waals surface area contributed by atoms with Crippen LogP contribution < -0.4 is 5.32 Å². The molecule has 0 amide bonds. The van der Waals surface area contributed by atoms with Crippen LogP contribution in [0.2, 0.25) is 0 Å². The molecule has 0 spiro atoms. The molecule has 0 aromatic heterocycles. The van der Waals surface area contributed by atoms with Crippen molar-refractivity contribution in [3.05, 3.63) is 30.3 Å². The molecule has 4 heteroatoms. The van der Waals surface area contributed by atoms with E-state index in [1.807, 2.05) is 56.2 Å². The molecule has 0 bridgehead atoms. The van der Waals surface area contributed by atoms with Crippen molar-refractivity contribution in [3.63, 3.8) is 0 Å². The summed E-state index contributed by atoms with van der Waals surface area (Å²) in [4.78, 5) is 8.83. The molecule has 4 nitrogen and oxygen atoms in total. The van der Waals surface area contributed by atoms with Crippen LogP contribution in [0, 0.1) is 5.92 Å². The van der Waals surface area contributed by atoms with Crippen LogP contribution in [0.25, 0.3) is 0 Å². The molecule has 1 aromatic carbocycles. The van der Waals surface area contributed by atoms with Gasteiger partial charge in [-0.1, -0.05) is 32.0 Å². The Morgan fingerprint density at radius 3 is 2.05 bits per heavy atom. The average molecular weight is 276 g/mol. The first-order chi connectivity index (χ1) is 9.41. The quantitative estimate of drug-likeness (QED) is 0.662. The molecule has 0 radical (unpaired) electrons. The van der Waals surface area contributed by atoms with Gasteiger partial charge in [0.2, 0.25) is 0 Å². The topological polar surface area (TPSA) is 30.9 Å². The summed E-state index contributed by atoms with van der Waals surface area (Å²) >= 11 is 0. The SMILES string of the molecule is CC(C)C(CN=C(N(C)C)N(C)C)Nc1ccccc1. The Morgan fingerprint density at radius 2 is 1.60 bits per heavy atom. The molecule has 1 aromatic rings. The summed E-state index contributed by atoms with van der Waals surface area (Å²) in [5, 5.41) is 3.57. The van der Waals surface area contributed by atoms with Crippen LogP contribution in [0.15, 0.2) is 35.3 Å². The molecule has 1 atom stereocenters. The zero-order valence-corrected chi connectivity index (χ0v) is 13.6. The van der Waals surface area contributed by atoms with E-state index in [2.05, 4.69) is 31.3 Å². The molecule has 0 heterocycles. The Hall–Kier alpha value is -1.71. The van der Waals surface area contributed by atoms with E-state index in [9.17, 15) is 0 Å². The van der Waals surface area contributed by atoms with E-state index in [1.54, 1.807) is 0 Å². The predicted octanol–water partition coefficient (Wildman–Crippen LogP) is 2.60. The van der Waals surface area contributed by atoms with Gasteiger partial charge >= 0.3 is 0 Å².